The molecule has 0 spiro atoms. The summed E-state index contributed by atoms with van der Waals surface area (Å²) in [5, 5.41) is 3.08. The van der Waals surface area contributed by atoms with E-state index in [9.17, 15) is 4.79 Å². The van der Waals surface area contributed by atoms with Crippen LogP contribution in [-0.2, 0) is 11.3 Å². The summed E-state index contributed by atoms with van der Waals surface area (Å²) in [4.78, 5) is 31.1. The summed E-state index contributed by atoms with van der Waals surface area (Å²) >= 11 is 0. The van der Waals surface area contributed by atoms with Gasteiger partial charge in [0.1, 0.15) is 0 Å². The van der Waals surface area contributed by atoms with E-state index in [1.54, 1.807) is 6.20 Å². The van der Waals surface area contributed by atoms with Crippen LogP contribution in [0.3, 0.4) is 0 Å². The highest BCUT2D eigenvalue weighted by atomic mass is 16.1. The SMILES string of the molecule is Cc1cc(C)nc(N2CCC(N3CCC[C@H](C(=O)NCc4ccccn4)C3)CC2)n1. The molecular formula is C23H32N6O. The van der Waals surface area contributed by atoms with Gasteiger partial charge in [0.15, 0.2) is 0 Å². The average Bonchev–Trinajstić information content (AvgIpc) is 2.78. The van der Waals surface area contributed by atoms with Crippen molar-refractivity contribution in [3.8, 4) is 0 Å². The number of likely N-dealkylation sites (tertiary alicyclic amines) is 1. The molecule has 30 heavy (non-hydrogen) atoms. The molecule has 2 fully saturated rings. The van der Waals surface area contributed by atoms with E-state index in [1.807, 2.05) is 38.1 Å². The highest BCUT2D eigenvalue weighted by Gasteiger charge is 2.32. The predicted octanol–water partition coefficient (Wildman–Crippen LogP) is 2.49. The fraction of sp³-hybridized carbons (Fsp3) is 0.565. The molecule has 2 aromatic heterocycles. The molecule has 2 aliphatic heterocycles. The summed E-state index contributed by atoms with van der Waals surface area (Å²) in [6.07, 6.45) is 6.01. The molecule has 0 unspecified atom stereocenters. The fourth-order valence-corrected chi connectivity index (χ4v) is 4.66. The Kier molecular flexibility index (Phi) is 6.57. The van der Waals surface area contributed by atoms with Crippen molar-refractivity contribution in [2.45, 2.75) is 52.1 Å². The van der Waals surface area contributed by atoms with Crippen molar-refractivity contribution in [2.24, 2.45) is 5.92 Å². The van der Waals surface area contributed by atoms with Crippen molar-refractivity contribution in [1.82, 2.24) is 25.2 Å². The van der Waals surface area contributed by atoms with E-state index in [0.29, 0.717) is 12.6 Å². The number of aryl methyl sites for hydroxylation is 2. The van der Waals surface area contributed by atoms with Gasteiger partial charge in [-0.25, -0.2) is 9.97 Å². The van der Waals surface area contributed by atoms with Crippen LogP contribution in [0.4, 0.5) is 5.95 Å². The van der Waals surface area contributed by atoms with Gasteiger partial charge >= 0.3 is 0 Å². The van der Waals surface area contributed by atoms with Gasteiger partial charge in [-0.2, -0.15) is 0 Å². The lowest BCUT2D eigenvalue weighted by atomic mass is 9.93. The van der Waals surface area contributed by atoms with Gasteiger partial charge < -0.3 is 10.2 Å². The van der Waals surface area contributed by atoms with Crippen LogP contribution in [0.15, 0.2) is 30.5 Å². The van der Waals surface area contributed by atoms with Crippen molar-refractivity contribution in [2.75, 3.05) is 31.1 Å². The van der Waals surface area contributed by atoms with Crippen LogP contribution < -0.4 is 10.2 Å². The third-order valence-corrected chi connectivity index (χ3v) is 6.23. The maximum Gasteiger partial charge on any atom is 0.225 e. The number of aromatic nitrogens is 3. The van der Waals surface area contributed by atoms with Gasteiger partial charge in [-0.3, -0.25) is 14.7 Å². The molecule has 1 atom stereocenters. The standard InChI is InChI=1S/C23H32N6O/c1-17-14-18(2)27-23(26-17)28-12-8-21(9-13-28)29-11-5-6-19(16-29)22(30)25-15-20-7-3-4-10-24-20/h3-4,7,10,14,19,21H,5-6,8-9,11-13,15-16H2,1-2H3,(H,25,30)/t19-/m0/s1. The minimum atomic E-state index is 0.0725. The lowest BCUT2D eigenvalue weighted by Gasteiger charge is -2.42. The molecular weight excluding hydrogens is 376 g/mol. The Morgan fingerprint density at radius 2 is 1.87 bits per heavy atom. The van der Waals surface area contributed by atoms with Crippen molar-refractivity contribution in [3.05, 3.63) is 47.5 Å². The number of carbonyl (C=O) groups excluding carboxylic acids is 1. The van der Waals surface area contributed by atoms with E-state index >= 15 is 0 Å². The zero-order valence-electron chi connectivity index (χ0n) is 18.0. The molecule has 0 aliphatic carbocycles. The number of pyridine rings is 1. The van der Waals surface area contributed by atoms with E-state index in [4.69, 9.17) is 0 Å². The third kappa shape index (κ3) is 5.14. The van der Waals surface area contributed by atoms with Crippen LogP contribution in [0.2, 0.25) is 0 Å². The molecule has 4 heterocycles. The van der Waals surface area contributed by atoms with Gasteiger partial charge in [0.05, 0.1) is 18.2 Å². The van der Waals surface area contributed by atoms with Gasteiger partial charge in [0, 0.05) is 43.3 Å². The van der Waals surface area contributed by atoms with Crippen molar-refractivity contribution >= 4 is 11.9 Å². The molecule has 0 aromatic carbocycles. The number of nitrogens with zero attached hydrogens (tertiary/aromatic N) is 5. The molecule has 0 saturated carbocycles. The first-order valence-electron chi connectivity index (χ1n) is 11.1. The molecule has 0 radical (unpaired) electrons. The fourth-order valence-electron chi connectivity index (χ4n) is 4.66. The van der Waals surface area contributed by atoms with Crippen molar-refractivity contribution in [3.63, 3.8) is 0 Å². The van der Waals surface area contributed by atoms with Gasteiger partial charge in [-0.1, -0.05) is 6.07 Å². The Morgan fingerprint density at radius 1 is 1.10 bits per heavy atom. The minimum absolute atomic E-state index is 0.0725. The first-order valence-corrected chi connectivity index (χ1v) is 11.1. The zero-order valence-corrected chi connectivity index (χ0v) is 18.0. The summed E-state index contributed by atoms with van der Waals surface area (Å²) in [6, 6.07) is 8.34. The molecule has 2 aromatic rings. The summed E-state index contributed by atoms with van der Waals surface area (Å²) in [5.41, 5.74) is 2.95. The van der Waals surface area contributed by atoms with E-state index in [2.05, 4.69) is 30.1 Å². The highest BCUT2D eigenvalue weighted by Crippen LogP contribution is 2.25. The van der Waals surface area contributed by atoms with Crippen LogP contribution in [0.1, 0.15) is 42.8 Å². The Labute approximate surface area is 178 Å². The molecule has 7 nitrogen and oxygen atoms in total. The summed E-state index contributed by atoms with van der Waals surface area (Å²) in [6.45, 7) is 8.45. The lowest BCUT2D eigenvalue weighted by Crippen LogP contribution is -2.51. The molecule has 1 amide bonds. The summed E-state index contributed by atoms with van der Waals surface area (Å²) < 4.78 is 0. The van der Waals surface area contributed by atoms with Crippen molar-refractivity contribution < 1.29 is 4.79 Å². The number of nitrogens with one attached hydrogen (secondary N) is 1. The summed E-state index contributed by atoms with van der Waals surface area (Å²) in [7, 11) is 0. The average molecular weight is 409 g/mol. The Balaban J connectivity index is 1.28. The zero-order chi connectivity index (χ0) is 20.9. The quantitative estimate of drug-likeness (QED) is 0.819. The molecule has 160 valence electrons. The van der Waals surface area contributed by atoms with Gasteiger partial charge in [-0.05, 0) is 64.3 Å². The maximum atomic E-state index is 12.7. The van der Waals surface area contributed by atoms with E-state index in [1.165, 1.54) is 0 Å². The largest absolute Gasteiger partial charge is 0.350 e. The topological polar surface area (TPSA) is 74.2 Å². The first-order chi connectivity index (χ1) is 14.6. The second-order valence-electron chi connectivity index (χ2n) is 8.54. The van der Waals surface area contributed by atoms with Gasteiger partial charge in [-0.15, -0.1) is 0 Å². The molecule has 1 N–H and O–H groups in total. The molecule has 7 heteroatoms. The number of anilines is 1. The number of piperidine rings is 2. The van der Waals surface area contributed by atoms with Gasteiger partial charge in [0.2, 0.25) is 11.9 Å². The smallest absolute Gasteiger partial charge is 0.225 e. The van der Waals surface area contributed by atoms with Crippen LogP contribution in [0, 0.1) is 19.8 Å². The van der Waals surface area contributed by atoms with E-state index in [0.717, 1.165) is 74.9 Å². The van der Waals surface area contributed by atoms with E-state index < -0.39 is 0 Å². The molecule has 4 rings (SSSR count). The van der Waals surface area contributed by atoms with Gasteiger partial charge in [0.25, 0.3) is 0 Å². The molecule has 2 saturated heterocycles. The lowest BCUT2D eigenvalue weighted by molar-refractivity contribution is -0.127. The molecule has 2 aliphatic rings. The second-order valence-corrected chi connectivity index (χ2v) is 8.54. The highest BCUT2D eigenvalue weighted by molar-refractivity contribution is 5.78. The number of rotatable bonds is 5. The third-order valence-electron chi connectivity index (χ3n) is 6.23. The maximum absolute atomic E-state index is 12.7. The number of carbonyl (C=O) groups is 1. The summed E-state index contributed by atoms with van der Waals surface area (Å²) in [5.74, 6) is 1.09. The second kappa shape index (κ2) is 9.51. The number of amides is 1. The Bertz CT molecular complexity index is 830. The van der Waals surface area contributed by atoms with Crippen molar-refractivity contribution in [1.29, 1.82) is 0 Å². The van der Waals surface area contributed by atoms with Crippen LogP contribution in [0.25, 0.3) is 0 Å². The number of hydrogen-bond acceptors (Lipinski definition) is 6. The Morgan fingerprint density at radius 3 is 2.57 bits per heavy atom. The van der Waals surface area contributed by atoms with E-state index in [-0.39, 0.29) is 11.8 Å². The predicted molar refractivity (Wildman–Crippen MR) is 117 cm³/mol. The Hall–Kier alpha value is -2.54. The van der Waals surface area contributed by atoms with Crippen LogP contribution >= 0.6 is 0 Å². The van der Waals surface area contributed by atoms with Crippen LogP contribution in [0.5, 0.6) is 0 Å². The molecule has 0 bridgehead atoms. The minimum Gasteiger partial charge on any atom is -0.350 e. The first kappa shape index (κ1) is 20.7. The number of hydrogen-bond donors (Lipinski definition) is 1. The van der Waals surface area contributed by atoms with Crippen LogP contribution in [-0.4, -0.2) is 58.0 Å². The monoisotopic (exact) mass is 408 g/mol. The normalized spacial score (nSPS) is 20.9.